The molecule has 0 unspecified atom stereocenters. The first-order valence-electron chi connectivity index (χ1n) is 13.6. The van der Waals surface area contributed by atoms with E-state index in [1.54, 1.807) is 15.8 Å². The van der Waals surface area contributed by atoms with E-state index in [0.717, 1.165) is 35.3 Å². The van der Waals surface area contributed by atoms with Crippen molar-refractivity contribution in [2.24, 2.45) is 0 Å². The lowest BCUT2D eigenvalue weighted by Gasteiger charge is -2.44. The molecule has 0 saturated heterocycles. The van der Waals surface area contributed by atoms with Crippen LogP contribution in [0.3, 0.4) is 0 Å². The van der Waals surface area contributed by atoms with Gasteiger partial charge in [-0.2, -0.15) is 0 Å². The Morgan fingerprint density at radius 3 is 2.42 bits per heavy atom. The Balaban J connectivity index is 1.53. The van der Waals surface area contributed by atoms with Crippen LogP contribution in [0.4, 0.5) is 0 Å². The van der Waals surface area contributed by atoms with Crippen molar-refractivity contribution in [3.05, 3.63) is 142 Å². The molecule has 0 fully saturated rings. The smallest absolute Gasteiger partial charge is 0.278 e. The Morgan fingerprint density at radius 2 is 1.60 bits per heavy atom. The van der Waals surface area contributed by atoms with Gasteiger partial charge < -0.3 is 14.4 Å². The molecule has 1 aromatic heterocycles. The van der Waals surface area contributed by atoms with Crippen molar-refractivity contribution in [1.29, 1.82) is 0 Å². The molecule has 0 spiro atoms. The number of rotatable bonds is 4. The lowest BCUT2D eigenvalue weighted by Crippen LogP contribution is -2.55. The summed E-state index contributed by atoms with van der Waals surface area (Å²) in [6.07, 6.45) is 7.48. The van der Waals surface area contributed by atoms with E-state index in [1.807, 2.05) is 72.8 Å². The van der Waals surface area contributed by atoms with Crippen molar-refractivity contribution in [2.75, 3.05) is 24.8 Å². The second-order valence-corrected chi connectivity index (χ2v) is 9.90. The first-order valence-corrected chi connectivity index (χ1v) is 13.6. The maximum atomic E-state index is 14.0. The Labute approximate surface area is 233 Å². The van der Waals surface area contributed by atoms with Crippen molar-refractivity contribution < 1.29 is 14.3 Å². The number of hydrogen-bond donors (Lipinski definition) is 0. The number of nitrogens with zero attached hydrogens (tertiary/aromatic N) is 3. The van der Waals surface area contributed by atoms with E-state index in [4.69, 9.17) is 9.47 Å². The molecule has 2 bridgehead atoms. The Kier molecular flexibility index (Phi) is 7.35. The van der Waals surface area contributed by atoms with E-state index >= 15 is 0 Å². The minimum Gasteiger partial charge on any atom is -0.493 e. The van der Waals surface area contributed by atoms with Crippen LogP contribution in [0.2, 0.25) is 0 Å². The van der Waals surface area contributed by atoms with Crippen LogP contribution in [-0.2, 0) is 6.61 Å². The molecule has 0 aliphatic carbocycles. The van der Waals surface area contributed by atoms with Gasteiger partial charge in [-0.1, -0.05) is 91.0 Å². The predicted molar refractivity (Wildman–Crippen MR) is 154 cm³/mol. The molecule has 0 N–H and O–H groups in total. The minimum absolute atomic E-state index is 0.0516. The number of hydrogen-bond acceptors (Lipinski definition) is 5. The van der Waals surface area contributed by atoms with Crippen molar-refractivity contribution in [3.8, 4) is 11.5 Å². The molecule has 40 heavy (non-hydrogen) atoms. The standard InChI is InChI=1S/C33H31N3O4/c37-28-19-21-35-31(32(28)40-23-25-13-5-3-6-14-25)33(38)34-20-11-1-2-12-22-39-29-18-10-9-17-27(29)30(36(35)24-34)26-15-7-4-8-16-26/h1,3-11,13-19,21,30H,2,12,20,22-24H2/b11-1-/t30-/m1/s1. The number of allylic oxidation sites excluding steroid dienone is 1. The number of para-hydroxylation sites is 1. The highest BCUT2D eigenvalue weighted by Crippen LogP contribution is 2.37. The van der Waals surface area contributed by atoms with Crippen LogP contribution in [0, 0.1) is 0 Å². The fourth-order valence-electron chi connectivity index (χ4n) is 5.28. The van der Waals surface area contributed by atoms with Gasteiger partial charge in [-0.15, -0.1) is 0 Å². The minimum atomic E-state index is -0.328. The molecule has 3 heterocycles. The third-order valence-corrected chi connectivity index (χ3v) is 7.24. The summed E-state index contributed by atoms with van der Waals surface area (Å²) in [6.45, 7) is 1.50. The monoisotopic (exact) mass is 533 g/mol. The lowest BCUT2D eigenvalue weighted by molar-refractivity contribution is 0.0698. The van der Waals surface area contributed by atoms with Crippen molar-refractivity contribution >= 4 is 5.91 Å². The van der Waals surface area contributed by atoms with Crippen molar-refractivity contribution in [2.45, 2.75) is 25.5 Å². The molecule has 1 amide bonds. The number of carbonyl (C=O) groups excluding carboxylic acids is 1. The number of ether oxygens (including phenoxy) is 2. The molecular weight excluding hydrogens is 502 g/mol. The van der Waals surface area contributed by atoms with Gasteiger partial charge in [0.1, 0.15) is 25.1 Å². The second kappa shape index (κ2) is 11.5. The van der Waals surface area contributed by atoms with Gasteiger partial charge in [0.15, 0.2) is 11.4 Å². The molecule has 6 rings (SSSR count). The molecule has 2 aliphatic rings. The molecule has 1 atom stereocenters. The van der Waals surface area contributed by atoms with Gasteiger partial charge in [0.05, 0.1) is 6.61 Å². The van der Waals surface area contributed by atoms with Crippen molar-refractivity contribution in [1.82, 2.24) is 9.58 Å². The average Bonchev–Trinajstić information content (AvgIpc) is 3.00. The van der Waals surface area contributed by atoms with Crippen LogP contribution in [0.15, 0.2) is 114 Å². The first-order chi connectivity index (χ1) is 19.7. The number of pyridine rings is 1. The molecular formula is C33H31N3O4. The third kappa shape index (κ3) is 5.10. The van der Waals surface area contributed by atoms with E-state index in [0.29, 0.717) is 19.8 Å². The molecule has 0 radical (unpaired) electrons. The van der Waals surface area contributed by atoms with Gasteiger partial charge in [0.2, 0.25) is 5.43 Å². The van der Waals surface area contributed by atoms with E-state index in [9.17, 15) is 9.59 Å². The molecule has 4 aromatic rings. The zero-order chi connectivity index (χ0) is 27.3. The van der Waals surface area contributed by atoms with E-state index in [-0.39, 0.29) is 35.4 Å². The summed E-state index contributed by atoms with van der Waals surface area (Å²) in [5.74, 6) is 0.606. The summed E-state index contributed by atoms with van der Waals surface area (Å²) < 4.78 is 14.2. The molecule has 2 aliphatic heterocycles. The Morgan fingerprint density at radius 1 is 0.850 bits per heavy atom. The summed E-state index contributed by atoms with van der Waals surface area (Å²) in [5.41, 5.74) is 2.82. The van der Waals surface area contributed by atoms with Gasteiger partial charge in [-0.3, -0.25) is 19.3 Å². The third-order valence-electron chi connectivity index (χ3n) is 7.24. The van der Waals surface area contributed by atoms with Crippen molar-refractivity contribution in [3.63, 3.8) is 0 Å². The van der Waals surface area contributed by atoms with Gasteiger partial charge in [-0.05, 0) is 30.0 Å². The molecule has 7 heteroatoms. The van der Waals surface area contributed by atoms with Crippen LogP contribution in [-0.4, -0.2) is 35.3 Å². The van der Waals surface area contributed by atoms with Gasteiger partial charge >= 0.3 is 0 Å². The lowest BCUT2D eigenvalue weighted by atomic mass is 9.97. The molecule has 3 aromatic carbocycles. The summed E-state index contributed by atoms with van der Waals surface area (Å²) >= 11 is 0. The summed E-state index contributed by atoms with van der Waals surface area (Å²) in [4.78, 5) is 28.9. The quantitative estimate of drug-likeness (QED) is 0.333. The summed E-state index contributed by atoms with van der Waals surface area (Å²) in [7, 11) is 0. The Hall–Kier alpha value is -4.78. The molecule has 0 saturated carbocycles. The number of fused-ring (bicyclic) bond motifs is 5. The summed E-state index contributed by atoms with van der Waals surface area (Å²) in [5, 5.41) is 2.11. The van der Waals surface area contributed by atoms with E-state index in [2.05, 4.69) is 29.3 Å². The van der Waals surface area contributed by atoms with Gasteiger partial charge in [0, 0.05) is 24.4 Å². The zero-order valence-corrected chi connectivity index (χ0v) is 22.2. The predicted octanol–water partition coefficient (Wildman–Crippen LogP) is 5.30. The number of aromatic nitrogens is 1. The number of amides is 1. The van der Waals surface area contributed by atoms with Crippen LogP contribution < -0.4 is 19.9 Å². The van der Waals surface area contributed by atoms with Crippen LogP contribution in [0.5, 0.6) is 11.5 Å². The van der Waals surface area contributed by atoms with Crippen LogP contribution in [0.1, 0.15) is 46.1 Å². The van der Waals surface area contributed by atoms with Crippen LogP contribution in [0.25, 0.3) is 0 Å². The van der Waals surface area contributed by atoms with E-state index < -0.39 is 0 Å². The average molecular weight is 534 g/mol. The van der Waals surface area contributed by atoms with Gasteiger partial charge in [-0.25, -0.2) is 0 Å². The largest absolute Gasteiger partial charge is 0.493 e. The molecule has 7 nitrogen and oxygen atoms in total. The highest BCUT2D eigenvalue weighted by Gasteiger charge is 2.37. The van der Waals surface area contributed by atoms with Crippen LogP contribution >= 0.6 is 0 Å². The maximum absolute atomic E-state index is 14.0. The SMILES string of the molecule is O=C1c2c(OCc3ccccc3)c(=O)ccn2N2CN1C/C=C\CCCOc1ccccc1[C@H]2c1ccccc1. The number of carbonyl (C=O) groups is 1. The van der Waals surface area contributed by atoms with E-state index in [1.165, 1.54) is 6.07 Å². The molecule has 202 valence electrons. The topological polar surface area (TPSA) is 64.0 Å². The highest BCUT2D eigenvalue weighted by molar-refractivity contribution is 5.96. The first kappa shape index (κ1) is 25.5. The number of benzene rings is 3. The van der Waals surface area contributed by atoms with Gasteiger partial charge in [0.25, 0.3) is 5.91 Å². The second-order valence-electron chi connectivity index (χ2n) is 9.90. The normalized spacial score (nSPS) is 17.8. The fourth-order valence-corrected chi connectivity index (χ4v) is 5.28. The zero-order valence-electron chi connectivity index (χ0n) is 22.2. The summed E-state index contributed by atoms with van der Waals surface area (Å²) in [6, 6.07) is 29.0. The highest BCUT2D eigenvalue weighted by atomic mass is 16.5. The fraction of sp³-hybridized carbons (Fsp3) is 0.212. The maximum Gasteiger partial charge on any atom is 0.278 e. The Bertz CT molecular complexity index is 1570.